The lowest BCUT2D eigenvalue weighted by Crippen LogP contribution is -2.47. The number of nitro groups is 1. The van der Waals surface area contributed by atoms with Crippen LogP contribution in [-0.2, 0) is 23.6 Å². The standard InChI is InChI=1S/C45H47ClN8O6S/c1-45(2)17-15-32(38(25-45)30-7-9-33(46)10-8-30)28-52-19-21-53(22-20-52)34-11-13-37(41(24-34)60-36-12-14-39-31(23-36)16-18-48-39)44(55)50-61(58,59)42-6-4-5-40(54(56)57)43(42)49-27-35-26-47-29-51(35)3/h4-14,16,18,23-24,26,29,48-49H,15,17,19-22,25,27-28H2,1-3H3,(H,50,55). The molecule has 1 aliphatic heterocycles. The zero-order chi connectivity index (χ0) is 42.9. The maximum atomic E-state index is 14.1. The number of nitro benzene ring substituents is 1. The molecule has 4 aromatic carbocycles. The van der Waals surface area contributed by atoms with Crippen LogP contribution in [0.3, 0.4) is 0 Å². The normalized spacial score (nSPS) is 15.8. The van der Waals surface area contributed by atoms with Crippen molar-refractivity contribution in [2.75, 3.05) is 42.9 Å². The number of sulfonamides is 1. The lowest BCUT2D eigenvalue weighted by Gasteiger charge is -2.39. The number of carbonyl (C=O) groups excluding carboxylic acids is 1. The number of imidazole rings is 1. The highest BCUT2D eigenvalue weighted by molar-refractivity contribution is 7.90. The molecule has 0 atom stereocenters. The van der Waals surface area contributed by atoms with E-state index in [1.807, 2.05) is 36.5 Å². The first kappa shape index (κ1) is 41.6. The lowest BCUT2D eigenvalue weighted by atomic mass is 9.72. The molecular weight excluding hydrogens is 816 g/mol. The number of nitrogens with one attached hydrogen (secondary N) is 3. The van der Waals surface area contributed by atoms with E-state index in [9.17, 15) is 23.3 Å². The van der Waals surface area contributed by atoms with Crippen molar-refractivity contribution in [3.63, 3.8) is 0 Å². The number of piperazine rings is 1. The number of H-pyrrole nitrogens is 1. The van der Waals surface area contributed by atoms with Crippen LogP contribution in [-0.4, -0.2) is 71.4 Å². The average molecular weight is 863 g/mol. The molecule has 61 heavy (non-hydrogen) atoms. The van der Waals surface area contributed by atoms with Gasteiger partial charge in [-0.25, -0.2) is 18.1 Å². The molecule has 2 aromatic heterocycles. The summed E-state index contributed by atoms with van der Waals surface area (Å²) in [4.78, 5) is 36.9. The number of halogens is 1. The zero-order valence-corrected chi connectivity index (χ0v) is 35.7. The van der Waals surface area contributed by atoms with Gasteiger partial charge < -0.3 is 24.5 Å². The number of para-hydroxylation sites is 1. The second kappa shape index (κ2) is 17.1. The Morgan fingerprint density at radius 1 is 1.02 bits per heavy atom. The Kier molecular flexibility index (Phi) is 11.6. The smallest absolute Gasteiger partial charge is 0.293 e. The SMILES string of the molecule is Cn1cncc1CNc1c([N+](=O)[O-])cccc1S(=O)(=O)NC(=O)c1ccc(N2CCN(CC3=C(c4ccc(Cl)cc4)CC(C)(C)CC3)CC2)cc1Oc1ccc2[nH]ccc2c1. The first-order valence-electron chi connectivity index (χ1n) is 20.1. The zero-order valence-electron chi connectivity index (χ0n) is 34.2. The number of anilines is 2. The van der Waals surface area contributed by atoms with Crippen LogP contribution in [0.25, 0.3) is 16.5 Å². The van der Waals surface area contributed by atoms with Crippen LogP contribution in [0.5, 0.6) is 11.5 Å². The number of aromatic nitrogens is 3. The summed E-state index contributed by atoms with van der Waals surface area (Å²) in [5, 5.41) is 16.6. The van der Waals surface area contributed by atoms with Gasteiger partial charge in [0.2, 0.25) is 0 Å². The van der Waals surface area contributed by atoms with Gasteiger partial charge in [-0.2, -0.15) is 0 Å². The predicted molar refractivity (Wildman–Crippen MR) is 238 cm³/mol. The lowest BCUT2D eigenvalue weighted by molar-refractivity contribution is -0.384. The minimum absolute atomic E-state index is 0.0307. The molecule has 1 aliphatic carbocycles. The summed E-state index contributed by atoms with van der Waals surface area (Å²) < 4.78 is 38.2. The number of rotatable bonds is 13. The molecule has 16 heteroatoms. The molecule has 1 fully saturated rings. The van der Waals surface area contributed by atoms with Gasteiger partial charge in [-0.1, -0.05) is 49.2 Å². The minimum atomic E-state index is -4.66. The summed E-state index contributed by atoms with van der Waals surface area (Å²) in [6.45, 7) is 8.69. The van der Waals surface area contributed by atoms with Gasteiger partial charge in [0.05, 0.1) is 29.1 Å². The highest BCUT2D eigenvalue weighted by atomic mass is 35.5. The maximum absolute atomic E-state index is 14.1. The van der Waals surface area contributed by atoms with Crippen LogP contribution in [0.1, 0.15) is 54.7 Å². The molecular formula is C45H47ClN8O6S. The fourth-order valence-corrected chi connectivity index (χ4v) is 9.43. The van der Waals surface area contributed by atoms with Gasteiger partial charge >= 0.3 is 0 Å². The molecule has 316 valence electrons. The molecule has 8 rings (SSSR count). The number of benzene rings is 4. The highest BCUT2D eigenvalue weighted by Gasteiger charge is 2.31. The molecule has 3 heterocycles. The van der Waals surface area contributed by atoms with Crippen LogP contribution in [0.15, 0.2) is 114 Å². The first-order valence-corrected chi connectivity index (χ1v) is 22.0. The van der Waals surface area contributed by atoms with E-state index in [0.29, 0.717) is 11.4 Å². The largest absolute Gasteiger partial charge is 0.456 e. The molecule has 0 unspecified atom stereocenters. The molecule has 0 saturated carbocycles. The Balaban J connectivity index is 1.04. The van der Waals surface area contributed by atoms with Crippen molar-refractivity contribution < 1.29 is 22.9 Å². The number of fused-ring (bicyclic) bond motifs is 1. The molecule has 6 aromatic rings. The van der Waals surface area contributed by atoms with Gasteiger partial charge in [0.15, 0.2) is 0 Å². The van der Waals surface area contributed by atoms with Crippen LogP contribution < -0.4 is 19.7 Å². The van der Waals surface area contributed by atoms with E-state index in [0.717, 1.165) is 73.6 Å². The topological polar surface area (TPSA) is 168 Å². The van der Waals surface area contributed by atoms with E-state index in [-0.39, 0.29) is 29.0 Å². The van der Waals surface area contributed by atoms with Crippen molar-refractivity contribution in [1.82, 2.24) is 24.2 Å². The summed E-state index contributed by atoms with van der Waals surface area (Å²) in [6.07, 6.45) is 8.13. The number of nitrogens with zero attached hydrogens (tertiary/aromatic N) is 5. The van der Waals surface area contributed by atoms with Gasteiger partial charge in [-0.3, -0.25) is 19.8 Å². The van der Waals surface area contributed by atoms with Crippen LogP contribution >= 0.6 is 11.6 Å². The quantitative estimate of drug-likeness (QED) is 0.0754. The Morgan fingerprint density at radius 3 is 2.54 bits per heavy atom. The van der Waals surface area contributed by atoms with E-state index in [4.69, 9.17) is 16.3 Å². The Labute approximate surface area is 359 Å². The monoisotopic (exact) mass is 862 g/mol. The van der Waals surface area contributed by atoms with Crippen LogP contribution in [0, 0.1) is 15.5 Å². The minimum Gasteiger partial charge on any atom is -0.456 e. The van der Waals surface area contributed by atoms with Crippen molar-refractivity contribution in [2.45, 2.75) is 44.6 Å². The number of allylic oxidation sites excluding steroid dienone is 1. The number of carbonyl (C=O) groups is 1. The van der Waals surface area contributed by atoms with Crippen molar-refractivity contribution in [3.05, 3.63) is 141 Å². The third kappa shape index (κ3) is 9.28. The van der Waals surface area contributed by atoms with Crippen molar-refractivity contribution in [3.8, 4) is 11.5 Å². The van der Waals surface area contributed by atoms with E-state index < -0.39 is 31.4 Å². The number of hydrogen-bond acceptors (Lipinski definition) is 10. The summed E-state index contributed by atoms with van der Waals surface area (Å²) in [6, 6.07) is 24.3. The van der Waals surface area contributed by atoms with Crippen LogP contribution in [0.4, 0.5) is 17.1 Å². The molecule has 1 amide bonds. The van der Waals surface area contributed by atoms with Crippen molar-refractivity contribution in [1.29, 1.82) is 0 Å². The molecule has 2 aliphatic rings. The van der Waals surface area contributed by atoms with Gasteiger partial charge in [0, 0.05) is 85.9 Å². The van der Waals surface area contributed by atoms with Gasteiger partial charge in [0.25, 0.3) is 21.6 Å². The van der Waals surface area contributed by atoms with Gasteiger partial charge in [-0.15, -0.1) is 0 Å². The second-order valence-electron chi connectivity index (χ2n) is 16.4. The van der Waals surface area contributed by atoms with Gasteiger partial charge in [0.1, 0.15) is 22.1 Å². The van der Waals surface area contributed by atoms with Crippen molar-refractivity contribution in [2.24, 2.45) is 12.5 Å². The average Bonchev–Trinajstić information content (AvgIpc) is 3.88. The summed E-state index contributed by atoms with van der Waals surface area (Å²) in [7, 11) is -2.91. The third-order valence-electron chi connectivity index (χ3n) is 11.6. The van der Waals surface area contributed by atoms with E-state index in [2.05, 4.69) is 55.8 Å². The number of amides is 1. The molecule has 0 bridgehead atoms. The summed E-state index contributed by atoms with van der Waals surface area (Å²) >= 11 is 6.24. The summed E-state index contributed by atoms with van der Waals surface area (Å²) in [5.74, 6) is -0.357. The van der Waals surface area contributed by atoms with E-state index >= 15 is 0 Å². The molecule has 0 radical (unpaired) electrons. The number of aryl methyl sites for hydroxylation is 1. The Bertz CT molecular complexity index is 2750. The molecule has 3 N–H and O–H groups in total. The number of aromatic amines is 1. The molecule has 0 spiro atoms. The molecule has 1 saturated heterocycles. The maximum Gasteiger partial charge on any atom is 0.293 e. The first-order chi connectivity index (χ1) is 29.2. The Hall–Kier alpha value is -6.16. The number of ether oxygens (including phenoxy) is 1. The van der Waals surface area contributed by atoms with Crippen molar-refractivity contribution >= 4 is 61.1 Å². The Morgan fingerprint density at radius 2 is 1.80 bits per heavy atom. The number of hydrogen-bond donors (Lipinski definition) is 3. The fourth-order valence-electron chi connectivity index (χ4n) is 8.14. The second-order valence-corrected chi connectivity index (χ2v) is 18.5. The fraction of sp³-hybridized carbons (Fsp3) is 0.289. The van der Waals surface area contributed by atoms with E-state index in [1.165, 1.54) is 34.9 Å². The predicted octanol–water partition coefficient (Wildman–Crippen LogP) is 8.77. The summed E-state index contributed by atoms with van der Waals surface area (Å²) in [5.41, 5.74) is 5.95. The van der Waals surface area contributed by atoms with Gasteiger partial charge in [-0.05, 0) is 90.4 Å². The highest BCUT2D eigenvalue weighted by Crippen LogP contribution is 2.43. The van der Waals surface area contributed by atoms with Crippen LogP contribution in [0.2, 0.25) is 5.02 Å². The van der Waals surface area contributed by atoms with E-state index in [1.54, 1.807) is 48.4 Å². The molecule has 14 nitrogen and oxygen atoms in total. The third-order valence-corrected chi connectivity index (χ3v) is 13.2.